The standard InChI is InChI=1S/C11H10N4S2/c1-2-9(16-4-1)10-8(7-14-15-10)6-13-11-12-3-5-17-11/h1-5,7H,6H2,(H,12,13)(H,14,15). The van der Waals surface area contributed by atoms with Gasteiger partial charge in [-0.15, -0.1) is 22.7 Å². The third-order valence-corrected chi connectivity index (χ3v) is 3.97. The summed E-state index contributed by atoms with van der Waals surface area (Å²) in [6.07, 6.45) is 3.65. The number of hydrogen-bond donors (Lipinski definition) is 2. The van der Waals surface area contributed by atoms with Crippen molar-refractivity contribution >= 4 is 27.8 Å². The Bertz CT molecular complexity index is 568. The Hall–Kier alpha value is -1.66. The van der Waals surface area contributed by atoms with Gasteiger partial charge in [0.25, 0.3) is 0 Å². The number of nitrogens with zero attached hydrogens (tertiary/aromatic N) is 2. The molecule has 4 nitrogen and oxygen atoms in total. The molecule has 17 heavy (non-hydrogen) atoms. The lowest BCUT2D eigenvalue weighted by atomic mass is 10.2. The van der Waals surface area contributed by atoms with Crippen molar-refractivity contribution in [3.8, 4) is 10.6 Å². The Balaban J connectivity index is 1.78. The molecular weight excluding hydrogens is 252 g/mol. The van der Waals surface area contributed by atoms with Gasteiger partial charge in [-0.25, -0.2) is 4.98 Å². The molecule has 0 bridgehead atoms. The number of nitrogens with one attached hydrogen (secondary N) is 2. The van der Waals surface area contributed by atoms with Crippen molar-refractivity contribution in [3.63, 3.8) is 0 Å². The molecule has 3 aromatic heterocycles. The fourth-order valence-corrected chi connectivity index (χ4v) is 2.84. The van der Waals surface area contributed by atoms with Crippen LogP contribution in [0.2, 0.25) is 0 Å². The monoisotopic (exact) mass is 262 g/mol. The third-order valence-electron chi connectivity index (χ3n) is 2.35. The first-order valence-electron chi connectivity index (χ1n) is 5.13. The quantitative estimate of drug-likeness (QED) is 0.759. The van der Waals surface area contributed by atoms with Gasteiger partial charge < -0.3 is 5.32 Å². The molecule has 0 radical (unpaired) electrons. The van der Waals surface area contributed by atoms with Crippen LogP contribution in [0.1, 0.15) is 5.56 Å². The van der Waals surface area contributed by atoms with Crippen molar-refractivity contribution in [3.05, 3.63) is 40.8 Å². The Kier molecular flexibility index (Phi) is 2.89. The second kappa shape index (κ2) is 4.68. The minimum absolute atomic E-state index is 0.733. The maximum Gasteiger partial charge on any atom is 0.182 e. The maximum absolute atomic E-state index is 4.19. The first-order valence-corrected chi connectivity index (χ1v) is 6.89. The van der Waals surface area contributed by atoms with Crippen LogP contribution in [0.15, 0.2) is 35.3 Å². The van der Waals surface area contributed by atoms with E-state index >= 15 is 0 Å². The summed E-state index contributed by atoms with van der Waals surface area (Å²) in [5.74, 6) is 0. The van der Waals surface area contributed by atoms with E-state index in [2.05, 4.69) is 31.9 Å². The van der Waals surface area contributed by atoms with Gasteiger partial charge in [0, 0.05) is 23.7 Å². The summed E-state index contributed by atoms with van der Waals surface area (Å²) < 4.78 is 0. The fourth-order valence-electron chi connectivity index (χ4n) is 1.56. The number of thiazole rings is 1. The van der Waals surface area contributed by atoms with E-state index in [4.69, 9.17) is 0 Å². The van der Waals surface area contributed by atoms with Gasteiger partial charge in [0.15, 0.2) is 5.13 Å². The fraction of sp³-hybridized carbons (Fsp3) is 0.0909. The molecular formula is C11H10N4S2. The molecule has 0 unspecified atom stereocenters. The van der Waals surface area contributed by atoms with Gasteiger partial charge in [-0.1, -0.05) is 6.07 Å². The van der Waals surface area contributed by atoms with Crippen molar-refractivity contribution in [1.29, 1.82) is 0 Å². The highest BCUT2D eigenvalue weighted by Gasteiger charge is 2.08. The van der Waals surface area contributed by atoms with Gasteiger partial charge in [0.05, 0.1) is 16.8 Å². The third kappa shape index (κ3) is 2.22. The zero-order valence-corrected chi connectivity index (χ0v) is 10.5. The number of H-pyrrole nitrogens is 1. The second-order valence-electron chi connectivity index (χ2n) is 3.44. The SMILES string of the molecule is c1csc(-c2[nH]ncc2CNc2nccs2)c1. The normalized spacial score (nSPS) is 10.6. The number of aromatic nitrogens is 3. The van der Waals surface area contributed by atoms with Gasteiger partial charge in [-0.3, -0.25) is 5.10 Å². The summed E-state index contributed by atoms with van der Waals surface area (Å²) in [5, 5.41) is 15.4. The molecule has 3 rings (SSSR count). The van der Waals surface area contributed by atoms with E-state index in [9.17, 15) is 0 Å². The van der Waals surface area contributed by atoms with Crippen LogP contribution in [-0.2, 0) is 6.54 Å². The molecule has 0 saturated heterocycles. The molecule has 0 spiro atoms. The summed E-state index contributed by atoms with van der Waals surface area (Å²) in [6, 6.07) is 4.13. The van der Waals surface area contributed by atoms with Crippen LogP contribution in [0.4, 0.5) is 5.13 Å². The van der Waals surface area contributed by atoms with Crippen LogP contribution in [0.3, 0.4) is 0 Å². The number of hydrogen-bond acceptors (Lipinski definition) is 5. The topological polar surface area (TPSA) is 53.6 Å². The van der Waals surface area contributed by atoms with Gasteiger partial charge in [-0.05, 0) is 11.4 Å². The van der Waals surface area contributed by atoms with Crippen LogP contribution in [0.25, 0.3) is 10.6 Å². The summed E-state index contributed by atoms with van der Waals surface area (Å²) in [7, 11) is 0. The van der Waals surface area contributed by atoms with Gasteiger partial charge in [-0.2, -0.15) is 5.10 Å². The molecule has 0 aliphatic heterocycles. The molecule has 3 heterocycles. The van der Waals surface area contributed by atoms with Crippen LogP contribution in [0, 0.1) is 0 Å². The summed E-state index contributed by atoms with van der Waals surface area (Å²) in [4.78, 5) is 5.39. The zero-order chi connectivity index (χ0) is 11.5. The minimum atomic E-state index is 0.733. The molecule has 0 aliphatic carbocycles. The van der Waals surface area contributed by atoms with Crippen molar-refractivity contribution in [1.82, 2.24) is 15.2 Å². The van der Waals surface area contributed by atoms with Crippen molar-refractivity contribution in [2.24, 2.45) is 0 Å². The van der Waals surface area contributed by atoms with Crippen molar-refractivity contribution < 1.29 is 0 Å². The second-order valence-corrected chi connectivity index (χ2v) is 5.28. The van der Waals surface area contributed by atoms with E-state index in [1.165, 1.54) is 4.88 Å². The van der Waals surface area contributed by atoms with Crippen LogP contribution >= 0.6 is 22.7 Å². The molecule has 0 amide bonds. The van der Waals surface area contributed by atoms with Crippen molar-refractivity contribution in [2.75, 3.05) is 5.32 Å². The summed E-state index contributed by atoms with van der Waals surface area (Å²) in [5.41, 5.74) is 2.24. The first kappa shape index (κ1) is 10.5. The van der Waals surface area contributed by atoms with E-state index in [1.807, 2.05) is 17.6 Å². The largest absolute Gasteiger partial charge is 0.357 e. The Morgan fingerprint density at radius 2 is 2.29 bits per heavy atom. The molecule has 86 valence electrons. The average molecular weight is 262 g/mol. The zero-order valence-electron chi connectivity index (χ0n) is 8.88. The Labute approximate surface area is 106 Å². The molecule has 0 fully saturated rings. The van der Waals surface area contributed by atoms with Gasteiger partial charge in [0.2, 0.25) is 0 Å². The summed E-state index contributed by atoms with van der Waals surface area (Å²) >= 11 is 3.30. The highest BCUT2D eigenvalue weighted by Crippen LogP contribution is 2.26. The molecule has 2 N–H and O–H groups in total. The Morgan fingerprint density at radius 3 is 3.06 bits per heavy atom. The van der Waals surface area contributed by atoms with Gasteiger partial charge in [0.1, 0.15) is 0 Å². The van der Waals surface area contributed by atoms with Crippen molar-refractivity contribution in [2.45, 2.75) is 6.54 Å². The lowest BCUT2D eigenvalue weighted by molar-refractivity contribution is 1.10. The van der Waals surface area contributed by atoms with Crippen LogP contribution in [-0.4, -0.2) is 15.2 Å². The highest BCUT2D eigenvalue weighted by molar-refractivity contribution is 7.13. The average Bonchev–Trinajstić information content (AvgIpc) is 3.09. The number of thiophene rings is 1. The van der Waals surface area contributed by atoms with Gasteiger partial charge >= 0.3 is 0 Å². The molecule has 6 heteroatoms. The number of rotatable bonds is 4. The lowest BCUT2D eigenvalue weighted by Crippen LogP contribution is -1.98. The molecule has 0 atom stereocenters. The van der Waals surface area contributed by atoms with E-state index in [1.54, 1.807) is 28.9 Å². The highest BCUT2D eigenvalue weighted by atomic mass is 32.1. The van der Waals surface area contributed by atoms with E-state index in [0.29, 0.717) is 0 Å². The summed E-state index contributed by atoms with van der Waals surface area (Å²) in [6.45, 7) is 0.733. The molecule has 0 aliphatic rings. The minimum Gasteiger partial charge on any atom is -0.357 e. The maximum atomic E-state index is 4.19. The molecule has 0 saturated carbocycles. The lowest BCUT2D eigenvalue weighted by Gasteiger charge is -2.02. The predicted octanol–water partition coefficient (Wildman–Crippen LogP) is 3.21. The number of aromatic amines is 1. The molecule has 0 aromatic carbocycles. The van der Waals surface area contributed by atoms with E-state index < -0.39 is 0 Å². The first-order chi connectivity index (χ1) is 8.43. The number of anilines is 1. The Morgan fingerprint density at radius 1 is 1.29 bits per heavy atom. The van der Waals surface area contributed by atoms with Crippen LogP contribution in [0.5, 0.6) is 0 Å². The smallest absolute Gasteiger partial charge is 0.182 e. The predicted molar refractivity (Wildman–Crippen MR) is 71.3 cm³/mol. The van der Waals surface area contributed by atoms with Crippen LogP contribution < -0.4 is 5.32 Å². The van der Waals surface area contributed by atoms with E-state index in [0.717, 1.165) is 22.9 Å². The molecule has 3 aromatic rings. The van der Waals surface area contributed by atoms with E-state index in [-0.39, 0.29) is 0 Å².